The zero-order chi connectivity index (χ0) is 17.5. The lowest BCUT2D eigenvalue weighted by Gasteiger charge is -2.20. The van der Waals surface area contributed by atoms with Gasteiger partial charge in [0.25, 0.3) is 0 Å². The van der Waals surface area contributed by atoms with Gasteiger partial charge in [-0.05, 0) is 42.0 Å². The Bertz CT molecular complexity index is 857. The molecule has 124 valence electrons. The number of hydrogen-bond donors (Lipinski definition) is 1. The lowest BCUT2D eigenvalue weighted by atomic mass is 9.93. The Hall–Kier alpha value is -2.47. The van der Waals surface area contributed by atoms with E-state index in [1.807, 2.05) is 0 Å². The topological polar surface area (TPSA) is 46.5 Å². The van der Waals surface area contributed by atoms with Crippen LogP contribution in [0, 0.1) is 0 Å². The Morgan fingerprint density at radius 1 is 1.12 bits per heavy atom. The maximum absolute atomic E-state index is 12.8. The van der Waals surface area contributed by atoms with Crippen molar-refractivity contribution >= 4 is 23.1 Å². The van der Waals surface area contributed by atoms with Crippen molar-refractivity contribution in [2.45, 2.75) is 6.18 Å². The molecule has 1 aliphatic rings. The van der Waals surface area contributed by atoms with Gasteiger partial charge in [0, 0.05) is 16.1 Å². The van der Waals surface area contributed by atoms with Crippen molar-refractivity contribution in [1.29, 1.82) is 0 Å². The van der Waals surface area contributed by atoms with Gasteiger partial charge < -0.3 is 9.84 Å². The number of fused-ring (bicyclic) bond motifs is 1. The summed E-state index contributed by atoms with van der Waals surface area (Å²) >= 11 is 6.04. The van der Waals surface area contributed by atoms with Gasteiger partial charge in [-0.1, -0.05) is 17.7 Å². The van der Waals surface area contributed by atoms with Crippen LogP contribution in [0.15, 0.2) is 42.5 Å². The van der Waals surface area contributed by atoms with Crippen molar-refractivity contribution < 1.29 is 27.8 Å². The number of rotatable bonds is 2. The number of carbonyl (C=O) groups is 1. The number of carboxylic acid groups (broad SMARTS) is 1. The Kier molecular flexibility index (Phi) is 4.01. The third-order valence-corrected chi connectivity index (χ3v) is 3.94. The van der Waals surface area contributed by atoms with E-state index >= 15 is 0 Å². The van der Waals surface area contributed by atoms with E-state index in [9.17, 15) is 18.0 Å². The van der Waals surface area contributed by atoms with Gasteiger partial charge in [0.15, 0.2) is 0 Å². The van der Waals surface area contributed by atoms with Crippen LogP contribution in [0.2, 0.25) is 5.02 Å². The second-order valence-electron chi connectivity index (χ2n) is 5.14. The van der Waals surface area contributed by atoms with Gasteiger partial charge in [-0.15, -0.1) is 0 Å². The van der Waals surface area contributed by atoms with E-state index in [1.54, 1.807) is 6.08 Å². The molecule has 24 heavy (non-hydrogen) atoms. The van der Waals surface area contributed by atoms with Crippen LogP contribution in [0.5, 0.6) is 5.75 Å². The van der Waals surface area contributed by atoms with Gasteiger partial charge in [-0.2, -0.15) is 13.2 Å². The standard InChI is InChI=1S/C17H10ClF3O3/c18-14-8-10(17(19,20)21)2-3-12(14)11-5-6-24-15-4-1-9(16(22)23)7-13(11)15/h1-5,7-8H,6H2,(H,22,23). The van der Waals surface area contributed by atoms with E-state index in [-0.39, 0.29) is 17.2 Å². The maximum atomic E-state index is 12.8. The Balaban J connectivity index is 2.10. The first-order valence-electron chi connectivity index (χ1n) is 6.85. The number of alkyl halides is 3. The molecule has 0 aromatic heterocycles. The molecule has 0 atom stereocenters. The first-order valence-corrected chi connectivity index (χ1v) is 7.23. The minimum atomic E-state index is -4.49. The summed E-state index contributed by atoms with van der Waals surface area (Å²) in [5, 5.41) is 9.05. The summed E-state index contributed by atoms with van der Waals surface area (Å²) in [6.45, 7) is 0.214. The molecule has 0 radical (unpaired) electrons. The molecule has 7 heteroatoms. The SMILES string of the molecule is O=C(O)c1ccc2c(c1)C(c1ccc(C(F)(F)F)cc1Cl)=CCO2. The summed E-state index contributed by atoms with van der Waals surface area (Å²) in [4.78, 5) is 11.1. The number of carboxylic acids is 1. The summed E-state index contributed by atoms with van der Waals surface area (Å²) < 4.78 is 43.7. The minimum absolute atomic E-state index is 0.0492. The van der Waals surface area contributed by atoms with Crippen molar-refractivity contribution in [1.82, 2.24) is 0 Å². The van der Waals surface area contributed by atoms with Crippen LogP contribution in [0.25, 0.3) is 5.57 Å². The summed E-state index contributed by atoms with van der Waals surface area (Å²) in [6, 6.07) is 7.41. The van der Waals surface area contributed by atoms with Crippen molar-refractivity contribution in [3.05, 3.63) is 69.8 Å². The number of halogens is 4. The second-order valence-corrected chi connectivity index (χ2v) is 5.54. The molecule has 0 aliphatic carbocycles. The molecular formula is C17H10ClF3O3. The van der Waals surface area contributed by atoms with E-state index in [4.69, 9.17) is 21.4 Å². The molecule has 0 unspecified atom stereocenters. The van der Waals surface area contributed by atoms with E-state index in [2.05, 4.69) is 0 Å². The normalized spacial score (nSPS) is 13.8. The van der Waals surface area contributed by atoms with Crippen LogP contribution < -0.4 is 4.74 Å². The molecule has 0 saturated carbocycles. The fourth-order valence-corrected chi connectivity index (χ4v) is 2.77. The van der Waals surface area contributed by atoms with Gasteiger partial charge in [0.05, 0.1) is 11.1 Å². The Morgan fingerprint density at radius 3 is 2.50 bits per heavy atom. The van der Waals surface area contributed by atoms with Crippen LogP contribution >= 0.6 is 11.6 Å². The average Bonchev–Trinajstić information content (AvgIpc) is 2.53. The monoisotopic (exact) mass is 354 g/mol. The molecule has 1 heterocycles. The third-order valence-electron chi connectivity index (χ3n) is 3.63. The van der Waals surface area contributed by atoms with Crippen molar-refractivity contribution in [2.24, 2.45) is 0 Å². The van der Waals surface area contributed by atoms with E-state index in [1.165, 1.54) is 24.3 Å². The van der Waals surface area contributed by atoms with Crippen LogP contribution in [0.4, 0.5) is 13.2 Å². The molecule has 3 nitrogen and oxygen atoms in total. The van der Waals surface area contributed by atoms with E-state index < -0.39 is 17.7 Å². The smallest absolute Gasteiger partial charge is 0.416 e. The highest BCUT2D eigenvalue weighted by Gasteiger charge is 2.31. The molecule has 0 bridgehead atoms. The zero-order valence-corrected chi connectivity index (χ0v) is 12.8. The highest BCUT2D eigenvalue weighted by molar-refractivity contribution is 6.32. The van der Waals surface area contributed by atoms with Crippen LogP contribution in [-0.2, 0) is 6.18 Å². The number of aromatic carboxylic acids is 1. The van der Waals surface area contributed by atoms with Gasteiger partial charge in [-0.25, -0.2) is 4.79 Å². The average molecular weight is 355 g/mol. The fraction of sp³-hybridized carbons (Fsp3) is 0.118. The van der Waals surface area contributed by atoms with Crippen LogP contribution in [-0.4, -0.2) is 17.7 Å². The summed E-state index contributed by atoms with van der Waals surface area (Å²) in [5.74, 6) is -0.658. The van der Waals surface area contributed by atoms with Gasteiger partial charge >= 0.3 is 12.1 Å². The zero-order valence-electron chi connectivity index (χ0n) is 12.0. The van der Waals surface area contributed by atoms with Crippen molar-refractivity contribution in [2.75, 3.05) is 6.61 Å². The first-order chi connectivity index (χ1) is 11.3. The highest BCUT2D eigenvalue weighted by Crippen LogP contribution is 2.39. The highest BCUT2D eigenvalue weighted by atomic mass is 35.5. The van der Waals surface area contributed by atoms with Crippen LogP contribution in [0.3, 0.4) is 0 Å². The van der Waals surface area contributed by atoms with Crippen molar-refractivity contribution in [3.8, 4) is 5.75 Å². The molecule has 1 aliphatic heterocycles. The molecule has 0 fully saturated rings. The molecule has 0 spiro atoms. The first kappa shape index (κ1) is 16.4. The predicted molar refractivity (Wildman–Crippen MR) is 82.4 cm³/mol. The maximum Gasteiger partial charge on any atom is 0.416 e. The number of ether oxygens (including phenoxy) is 1. The minimum Gasteiger partial charge on any atom is -0.489 e. The fourth-order valence-electron chi connectivity index (χ4n) is 2.49. The second kappa shape index (κ2) is 5.87. The summed E-state index contributed by atoms with van der Waals surface area (Å²) in [5.41, 5.74) is 0.606. The molecule has 2 aromatic rings. The number of benzene rings is 2. The number of hydrogen-bond acceptors (Lipinski definition) is 2. The van der Waals surface area contributed by atoms with Gasteiger partial charge in [0.2, 0.25) is 0 Å². The third kappa shape index (κ3) is 2.97. The van der Waals surface area contributed by atoms with Gasteiger partial charge in [0.1, 0.15) is 12.4 Å². The van der Waals surface area contributed by atoms with Crippen molar-refractivity contribution in [3.63, 3.8) is 0 Å². The quantitative estimate of drug-likeness (QED) is 0.836. The van der Waals surface area contributed by atoms with Crippen LogP contribution in [0.1, 0.15) is 27.0 Å². The van der Waals surface area contributed by atoms with Gasteiger partial charge in [-0.3, -0.25) is 0 Å². The lowest BCUT2D eigenvalue weighted by molar-refractivity contribution is -0.137. The summed E-state index contributed by atoms with van der Waals surface area (Å²) in [6.07, 6.45) is -2.83. The molecular weight excluding hydrogens is 345 g/mol. The molecule has 0 saturated heterocycles. The lowest BCUT2D eigenvalue weighted by Crippen LogP contribution is -2.09. The van der Waals surface area contributed by atoms with E-state index in [0.717, 1.165) is 12.1 Å². The molecule has 2 aromatic carbocycles. The van der Waals surface area contributed by atoms with E-state index in [0.29, 0.717) is 22.4 Å². The Morgan fingerprint density at radius 2 is 1.88 bits per heavy atom. The Labute approximate surface area is 139 Å². The largest absolute Gasteiger partial charge is 0.489 e. The molecule has 0 amide bonds. The summed E-state index contributed by atoms with van der Waals surface area (Å²) in [7, 11) is 0. The molecule has 1 N–H and O–H groups in total. The predicted octanol–water partition coefficient (Wildman–Crippen LogP) is 4.88. The molecule has 3 rings (SSSR count).